The molecule has 2 aromatic carbocycles. The average Bonchev–Trinajstić information content (AvgIpc) is 3.83. The molecule has 0 aliphatic rings. The number of hydrogen-bond acceptors (Lipinski definition) is 4. The van der Waals surface area contributed by atoms with Crippen molar-refractivity contribution in [3.8, 4) is 45.0 Å². The summed E-state index contributed by atoms with van der Waals surface area (Å²) in [5, 5.41) is 11.7. The molecule has 284 valence electrons. The van der Waals surface area contributed by atoms with Crippen molar-refractivity contribution in [3.05, 3.63) is 119 Å². The van der Waals surface area contributed by atoms with Gasteiger partial charge >= 0.3 is 12.4 Å². The topological polar surface area (TPSA) is 83.1 Å². The van der Waals surface area contributed by atoms with Gasteiger partial charge in [0.25, 0.3) is 0 Å². The fraction of sp³-hybridized carbons (Fsp3) is 0.333. The largest absolute Gasteiger partial charge is 0.432 e. The van der Waals surface area contributed by atoms with Crippen molar-refractivity contribution in [3.63, 3.8) is 0 Å². The van der Waals surface area contributed by atoms with Crippen LogP contribution in [-0.4, -0.2) is 30.4 Å². The first-order chi connectivity index (χ1) is 25.4. The van der Waals surface area contributed by atoms with Crippen LogP contribution in [0.15, 0.2) is 85.2 Å². The number of halogens is 6. The molecule has 0 aliphatic heterocycles. The van der Waals surface area contributed by atoms with Gasteiger partial charge in [0.05, 0.1) is 11.4 Å². The molecule has 6 nitrogen and oxygen atoms in total. The second kappa shape index (κ2) is 16.0. The van der Waals surface area contributed by atoms with E-state index < -0.39 is 23.7 Å². The molecular formula is C42H44F6N6. The van der Waals surface area contributed by atoms with E-state index in [0.717, 1.165) is 34.4 Å². The molecule has 6 aromatic rings. The summed E-state index contributed by atoms with van der Waals surface area (Å²) >= 11 is 0. The quantitative estimate of drug-likeness (QED) is 0.152. The van der Waals surface area contributed by atoms with Gasteiger partial charge in [-0.15, -0.1) is 0 Å². The van der Waals surface area contributed by atoms with Crippen LogP contribution in [0.2, 0.25) is 0 Å². The summed E-state index contributed by atoms with van der Waals surface area (Å²) in [5.41, 5.74) is 8.35. The lowest BCUT2D eigenvalue weighted by atomic mass is 9.85. The van der Waals surface area contributed by atoms with E-state index in [1.165, 1.54) is 22.3 Å². The van der Waals surface area contributed by atoms with Gasteiger partial charge in [-0.1, -0.05) is 91.8 Å². The van der Waals surface area contributed by atoms with Crippen molar-refractivity contribution < 1.29 is 26.3 Å². The lowest BCUT2D eigenvalue weighted by Crippen LogP contribution is -2.04. The highest BCUT2D eigenvalue weighted by Gasteiger charge is 2.34. The maximum Gasteiger partial charge on any atom is 0.432 e. The zero-order valence-electron chi connectivity index (χ0n) is 31.4. The monoisotopic (exact) mass is 746 g/mol. The summed E-state index contributed by atoms with van der Waals surface area (Å²) in [6, 6.07) is 21.9. The van der Waals surface area contributed by atoms with Gasteiger partial charge in [-0.2, -0.15) is 36.5 Å². The molecular weight excluding hydrogens is 702 g/mol. The van der Waals surface area contributed by atoms with Gasteiger partial charge in [-0.25, -0.2) is 0 Å². The number of nitrogens with zero attached hydrogens (tertiary/aromatic N) is 4. The van der Waals surface area contributed by atoms with E-state index >= 15 is 0 Å². The van der Waals surface area contributed by atoms with Crippen LogP contribution in [0.1, 0.15) is 113 Å². The second-order valence-corrected chi connectivity index (χ2v) is 14.4. The van der Waals surface area contributed by atoms with E-state index in [-0.39, 0.29) is 11.4 Å². The summed E-state index contributed by atoms with van der Waals surface area (Å²) in [4.78, 5) is 8.46. The molecule has 2 N–H and O–H groups in total. The molecule has 0 aliphatic carbocycles. The Morgan fingerprint density at radius 3 is 1.02 bits per heavy atom. The summed E-state index contributed by atoms with van der Waals surface area (Å²) in [6.45, 7) is 17.1. The molecule has 0 spiro atoms. The predicted octanol–water partition coefficient (Wildman–Crippen LogP) is 12.8. The molecule has 12 heteroatoms. The minimum absolute atomic E-state index is 0.178. The molecule has 0 unspecified atom stereocenters. The van der Waals surface area contributed by atoms with Crippen LogP contribution in [0, 0.1) is 0 Å². The van der Waals surface area contributed by atoms with Crippen LogP contribution in [0.3, 0.4) is 0 Å². The van der Waals surface area contributed by atoms with Gasteiger partial charge in [0.15, 0.2) is 0 Å². The van der Waals surface area contributed by atoms with Gasteiger partial charge in [-0.05, 0) is 105 Å². The van der Waals surface area contributed by atoms with E-state index in [2.05, 4.69) is 112 Å². The Hall–Kier alpha value is -5.26. The van der Waals surface area contributed by atoms with Crippen molar-refractivity contribution in [2.24, 2.45) is 0 Å². The zero-order chi connectivity index (χ0) is 39.5. The summed E-state index contributed by atoms with van der Waals surface area (Å²) < 4.78 is 77.1. The lowest BCUT2D eigenvalue weighted by molar-refractivity contribution is -0.142. The first kappa shape index (κ1) is 39.9. The van der Waals surface area contributed by atoms with E-state index in [0.29, 0.717) is 35.1 Å². The number of nitrogens with one attached hydrogen (secondary N) is 2. The average molecular weight is 747 g/mol. The maximum absolute atomic E-state index is 12.9. The van der Waals surface area contributed by atoms with Crippen molar-refractivity contribution in [1.82, 2.24) is 30.4 Å². The fourth-order valence-electron chi connectivity index (χ4n) is 6.42. The number of pyridine rings is 2. The summed E-state index contributed by atoms with van der Waals surface area (Å²) in [7, 11) is 0. The first-order valence-corrected chi connectivity index (χ1v) is 17.8. The Labute approximate surface area is 311 Å². The number of hydrogen-bond donors (Lipinski definition) is 2. The normalized spacial score (nSPS) is 12.2. The Morgan fingerprint density at radius 1 is 0.444 bits per heavy atom. The van der Waals surface area contributed by atoms with Crippen LogP contribution >= 0.6 is 0 Å². The Bertz CT molecular complexity index is 1980. The number of alkyl halides is 6. The first-order valence-electron chi connectivity index (χ1n) is 17.8. The molecule has 0 saturated carbocycles. The van der Waals surface area contributed by atoms with E-state index in [1.807, 2.05) is 34.5 Å². The third kappa shape index (κ3) is 8.91. The third-order valence-corrected chi connectivity index (χ3v) is 9.13. The van der Waals surface area contributed by atoms with Gasteiger partial charge < -0.3 is 0 Å². The van der Waals surface area contributed by atoms with Crippen molar-refractivity contribution >= 4 is 0 Å². The van der Waals surface area contributed by atoms with Crippen LogP contribution in [0.5, 0.6) is 0 Å². The predicted molar refractivity (Wildman–Crippen MR) is 201 cm³/mol. The SMILES string of the molecule is CC(C)c1cccc(C(C)C)c1-c1ccnc(-c2cc(C(F)(F)F)[nH]n2)c1.CC(C)c1cccc(C(C)C)c1-c1ccnc(-c2cc(C(F)(F)F)[nH]n2)c1. The molecule has 4 aromatic heterocycles. The molecule has 0 atom stereocenters. The minimum Gasteiger partial charge on any atom is -0.273 e. The Balaban J connectivity index is 0.000000208. The number of rotatable bonds is 8. The smallest absolute Gasteiger partial charge is 0.273 e. The Kier molecular flexibility index (Phi) is 11.8. The highest BCUT2D eigenvalue weighted by atomic mass is 19.4. The van der Waals surface area contributed by atoms with Crippen molar-refractivity contribution in [2.45, 2.75) is 91.4 Å². The number of H-pyrrole nitrogens is 2. The highest BCUT2D eigenvalue weighted by molar-refractivity contribution is 5.76. The van der Waals surface area contributed by atoms with Crippen LogP contribution in [0.25, 0.3) is 45.0 Å². The van der Waals surface area contributed by atoms with Gasteiger partial charge in [-0.3, -0.25) is 20.2 Å². The Morgan fingerprint density at radius 2 is 0.759 bits per heavy atom. The van der Waals surface area contributed by atoms with E-state index in [1.54, 1.807) is 12.4 Å². The van der Waals surface area contributed by atoms with Gasteiger partial charge in [0, 0.05) is 12.4 Å². The molecule has 0 saturated heterocycles. The van der Waals surface area contributed by atoms with Crippen LogP contribution in [0.4, 0.5) is 26.3 Å². The van der Waals surface area contributed by atoms with Crippen molar-refractivity contribution in [1.29, 1.82) is 0 Å². The molecule has 54 heavy (non-hydrogen) atoms. The number of aromatic amines is 2. The van der Waals surface area contributed by atoms with Crippen molar-refractivity contribution in [2.75, 3.05) is 0 Å². The van der Waals surface area contributed by atoms with E-state index in [9.17, 15) is 26.3 Å². The highest BCUT2D eigenvalue weighted by Crippen LogP contribution is 2.39. The molecule has 0 fully saturated rings. The summed E-state index contributed by atoms with van der Waals surface area (Å²) in [5.74, 6) is 1.27. The maximum atomic E-state index is 12.9. The zero-order valence-corrected chi connectivity index (χ0v) is 31.4. The molecule has 4 heterocycles. The fourth-order valence-corrected chi connectivity index (χ4v) is 6.42. The van der Waals surface area contributed by atoms with Gasteiger partial charge in [0.1, 0.15) is 22.8 Å². The molecule has 0 bridgehead atoms. The van der Waals surface area contributed by atoms with Crippen LogP contribution in [-0.2, 0) is 12.4 Å². The molecule has 6 rings (SSSR count). The van der Waals surface area contributed by atoms with Crippen LogP contribution < -0.4 is 0 Å². The second-order valence-electron chi connectivity index (χ2n) is 14.4. The van der Waals surface area contributed by atoms with Gasteiger partial charge in [0.2, 0.25) is 0 Å². The number of benzene rings is 2. The number of aromatic nitrogens is 6. The minimum atomic E-state index is -4.46. The van der Waals surface area contributed by atoms with E-state index in [4.69, 9.17) is 0 Å². The standard InChI is InChI=1S/2C21H22F3N3/c2*1-12(2)15-6-5-7-16(13(3)4)20(15)14-8-9-25-17(10-14)18-11-19(27-26-18)21(22,23)24/h2*5-13H,1-4H3,(H,26,27). The lowest BCUT2D eigenvalue weighted by Gasteiger charge is -2.20. The summed E-state index contributed by atoms with van der Waals surface area (Å²) in [6.07, 6.45) is -5.68. The third-order valence-electron chi connectivity index (χ3n) is 9.13. The molecule has 0 amide bonds. The molecule has 0 radical (unpaired) electrons.